The maximum absolute atomic E-state index is 12.5. The molecular weight excluding hydrogens is 276 g/mol. The lowest BCUT2D eigenvalue weighted by molar-refractivity contribution is 0.373. The molecule has 0 aliphatic carbocycles. The van der Waals surface area contributed by atoms with Crippen LogP contribution in [-0.4, -0.2) is 20.6 Å². The molecule has 4 nitrogen and oxygen atoms in total. The van der Waals surface area contributed by atoms with Crippen LogP contribution in [0.4, 0.5) is 0 Å². The lowest BCUT2D eigenvalue weighted by Gasteiger charge is -2.15. The SMILES string of the molecule is COc1cc([C@@H](C)S(=O)(=O)c2ccccc2)ccc1O. The second-order valence-electron chi connectivity index (χ2n) is 4.43. The molecule has 2 rings (SSSR count). The Labute approximate surface area is 118 Å². The van der Waals surface area contributed by atoms with Crippen molar-refractivity contribution in [1.29, 1.82) is 0 Å². The van der Waals surface area contributed by atoms with Gasteiger partial charge in [0.25, 0.3) is 0 Å². The Bertz CT molecular complexity index is 693. The molecule has 0 fully saturated rings. The smallest absolute Gasteiger partial charge is 0.185 e. The standard InChI is InChI=1S/C15H16O4S/c1-11(12-8-9-14(16)15(10-12)19-2)20(17,18)13-6-4-3-5-7-13/h3-11,16H,1-2H3/t11-/m1/s1. The van der Waals surface area contributed by atoms with Gasteiger partial charge in [-0.15, -0.1) is 0 Å². The second kappa shape index (κ2) is 5.54. The minimum absolute atomic E-state index is 0.0134. The van der Waals surface area contributed by atoms with Gasteiger partial charge in [-0.2, -0.15) is 0 Å². The van der Waals surface area contributed by atoms with Crippen LogP contribution in [0.2, 0.25) is 0 Å². The lowest BCUT2D eigenvalue weighted by atomic mass is 10.1. The molecule has 2 aromatic carbocycles. The van der Waals surface area contributed by atoms with E-state index in [4.69, 9.17) is 4.74 Å². The Hall–Kier alpha value is -2.01. The fraction of sp³-hybridized carbons (Fsp3) is 0.200. The third kappa shape index (κ3) is 2.63. The van der Waals surface area contributed by atoms with Crippen LogP contribution in [0.5, 0.6) is 11.5 Å². The van der Waals surface area contributed by atoms with Crippen LogP contribution in [-0.2, 0) is 9.84 Å². The topological polar surface area (TPSA) is 63.6 Å². The van der Waals surface area contributed by atoms with E-state index in [2.05, 4.69) is 0 Å². The quantitative estimate of drug-likeness (QED) is 0.941. The Morgan fingerprint density at radius 3 is 2.35 bits per heavy atom. The summed E-state index contributed by atoms with van der Waals surface area (Å²) < 4.78 is 30.0. The number of hydrogen-bond donors (Lipinski definition) is 1. The third-order valence-corrected chi connectivity index (χ3v) is 5.34. The first-order chi connectivity index (χ1) is 9.46. The van der Waals surface area contributed by atoms with Gasteiger partial charge < -0.3 is 9.84 Å². The van der Waals surface area contributed by atoms with Gasteiger partial charge in [0, 0.05) is 0 Å². The number of phenols is 1. The van der Waals surface area contributed by atoms with Crippen molar-refractivity contribution < 1.29 is 18.3 Å². The van der Waals surface area contributed by atoms with Crippen molar-refractivity contribution in [3.63, 3.8) is 0 Å². The van der Waals surface area contributed by atoms with Gasteiger partial charge in [0.05, 0.1) is 17.3 Å². The zero-order valence-corrected chi connectivity index (χ0v) is 12.1. The molecule has 0 aliphatic heterocycles. The Morgan fingerprint density at radius 1 is 1.10 bits per heavy atom. The van der Waals surface area contributed by atoms with Gasteiger partial charge in [-0.1, -0.05) is 24.3 Å². The first kappa shape index (κ1) is 14.4. The number of methoxy groups -OCH3 is 1. The van der Waals surface area contributed by atoms with Gasteiger partial charge in [0.2, 0.25) is 0 Å². The summed E-state index contributed by atoms with van der Waals surface area (Å²) in [7, 11) is -2.04. The van der Waals surface area contributed by atoms with E-state index >= 15 is 0 Å². The first-order valence-corrected chi connectivity index (χ1v) is 7.67. The van der Waals surface area contributed by atoms with E-state index in [0.29, 0.717) is 5.56 Å². The molecule has 0 saturated carbocycles. The largest absolute Gasteiger partial charge is 0.504 e. The van der Waals surface area contributed by atoms with Crippen molar-refractivity contribution in [2.24, 2.45) is 0 Å². The van der Waals surface area contributed by atoms with Crippen LogP contribution >= 0.6 is 0 Å². The summed E-state index contributed by atoms with van der Waals surface area (Å²) in [5, 5.41) is 8.84. The summed E-state index contributed by atoms with van der Waals surface area (Å²) in [5.74, 6) is 0.248. The average Bonchev–Trinajstić information content (AvgIpc) is 2.48. The molecule has 0 amide bonds. The van der Waals surface area contributed by atoms with Crippen LogP contribution in [0.15, 0.2) is 53.4 Å². The van der Waals surface area contributed by atoms with E-state index in [1.165, 1.54) is 13.2 Å². The van der Waals surface area contributed by atoms with Crippen molar-refractivity contribution in [3.05, 3.63) is 54.1 Å². The van der Waals surface area contributed by atoms with Gasteiger partial charge in [0.1, 0.15) is 0 Å². The number of hydrogen-bond acceptors (Lipinski definition) is 4. The fourth-order valence-corrected chi connectivity index (χ4v) is 3.39. The highest BCUT2D eigenvalue weighted by atomic mass is 32.2. The molecule has 106 valence electrons. The highest BCUT2D eigenvalue weighted by Gasteiger charge is 2.25. The van der Waals surface area contributed by atoms with E-state index in [-0.39, 0.29) is 16.4 Å². The molecule has 2 aromatic rings. The van der Waals surface area contributed by atoms with Crippen molar-refractivity contribution in [3.8, 4) is 11.5 Å². The van der Waals surface area contributed by atoms with Gasteiger partial charge in [-0.05, 0) is 36.8 Å². The normalized spacial score (nSPS) is 12.9. The maximum atomic E-state index is 12.5. The van der Waals surface area contributed by atoms with Gasteiger partial charge in [0.15, 0.2) is 21.3 Å². The molecule has 0 aromatic heterocycles. The number of ether oxygens (including phenoxy) is 1. The third-order valence-electron chi connectivity index (χ3n) is 3.21. The molecule has 0 heterocycles. The van der Waals surface area contributed by atoms with Crippen LogP contribution in [0.3, 0.4) is 0 Å². The zero-order chi connectivity index (χ0) is 14.8. The number of sulfone groups is 1. The van der Waals surface area contributed by atoms with Gasteiger partial charge in [-0.25, -0.2) is 8.42 Å². The zero-order valence-electron chi connectivity index (χ0n) is 11.3. The summed E-state index contributed by atoms with van der Waals surface area (Å²) in [6.45, 7) is 1.62. The molecule has 1 N–H and O–H groups in total. The molecule has 0 radical (unpaired) electrons. The monoisotopic (exact) mass is 292 g/mol. The van der Waals surface area contributed by atoms with E-state index in [9.17, 15) is 13.5 Å². The molecule has 0 spiro atoms. The minimum atomic E-state index is -3.47. The number of benzene rings is 2. The predicted octanol–water partition coefficient (Wildman–Crippen LogP) is 2.94. The Balaban J connectivity index is 2.43. The molecule has 1 atom stereocenters. The lowest BCUT2D eigenvalue weighted by Crippen LogP contribution is -2.10. The molecular formula is C15H16O4S. The maximum Gasteiger partial charge on any atom is 0.185 e. The minimum Gasteiger partial charge on any atom is -0.504 e. The summed E-state index contributed by atoms with van der Waals surface area (Å²) in [5.41, 5.74) is 0.573. The predicted molar refractivity (Wildman–Crippen MR) is 76.7 cm³/mol. The summed E-state index contributed by atoms with van der Waals surface area (Å²) in [6, 6.07) is 12.9. The molecule has 5 heteroatoms. The Morgan fingerprint density at radius 2 is 1.75 bits per heavy atom. The van der Waals surface area contributed by atoms with Crippen molar-refractivity contribution in [2.75, 3.05) is 7.11 Å². The van der Waals surface area contributed by atoms with Crippen molar-refractivity contribution >= 4 is 9.84 Å². The number of rotatable bonds is 4. The summed E-state index contributed by atoms with van der Waals surface area (Å²) >= 11 is 0. The van der Waals surface area contributed by atoms with Crippen LogP contribution in [0.25, 0.3) is 0 Å². The van der Waals surface area contributed by atoms with Crippen LogP contribution in [0, 0.1) is 0 Å². The summed E-state index contributed by atoms with van der Waals surface area (Å²) in [4.78, 5) is 0.277. The van der Waals surface area contributed by atoms with Crippen molar-refractivity contribution in [1.82, 2.24) is 0 Å². The van der Waals surface area contributed by atoms with Gasteiger partial charge in [-0.3, -0.25) is 0 Å². The first-order valence-electron chi connectivity index (χ1n) is 6.12. The summed E-state index contributed by atoms with van der Waals surface area (Å²) in [6.07, 6.45) is 0. The van der Waals surface area contributed by atoms with Crippen LogP contribution in [0.1, 0.15) is 17.7 Å². The van der Waals surface area contributed by atoms with E-state index < -0.39 is 15.1 Å². The highest BCUT2D eigenvalue weighted by molar-refractivity contribution is 7.91. The van der Waals surface area contributed by atoms with Crippen LogP contribution < -0.4 is 4.74 Å². The molecule has 0 unspecified atom stereocenters. The highest BCUT2D eigenvalue weighted by Crippen LogP contribution is 2.34. The molecule has 0 aliphatic rings. The average molecular weight is 292 g/mol. The molecule has 20 heavy (non-hydrogen) atoms. The fourth-order valence-electron chi connectivity index (χ4n) is 1.94. The van der Waals surface area contributed by atoms with Crippen molar-refractivity contribution in [2.45, 2.75) is 17.1 Å². The van der Waals surface area contributed by atoms with E-state index in [0.717, 1.165) is 0 Å². The van der Waals surface area contributed by atoms with Gasteiger partial charge >= 0.3 is 0 Å². The number of aromatic hydroxyl groups is 1. The van der Waals surface area contributed by atoms with E-state index in [1.807, 2.05) is 0 Å². The molecule has 0 saturated heterocycles. The second-order valence-corrected chi connectivity index (χ2v) is 6.70. The van der Waals surface area contributed by atoms with E-state index in [1.54, 1.807) is 49.4 Å². The number of phenolic OH excluding ortho intramolecular Hbond substituents is 1. The Kier molecular flexibility index (Phi) is 3.99. The molecule has 0 bridgehead atoms.